The van der Waals surface area contributed by atoms with Crippen molar-refractivity contribution in [1.82, 2.24) is 10.2 Å². The topological polar surface area (TPSA) is 65.0 Å². The number of piperidine rings is 1. The minimum Gasteiger partial charge on any atom is -0.504 e. The molecule has 1 aromatic carbocycles. The first-order valence-electron chi connectivity index (χ1n) is 10.7. The number of aliphatic hydroxyl groups is 1. The van der Waals surface area contributed by atoms with E-state index in [1.54, 1.807) is 6.07 Å². The Morgan fingerprint density at radius 3 is 2.89 bits per heavy atom. The summed E-state index contributed by atoms with van der Waals surface area (Å²) in [6, 6.07) is 4.19. The van der Waals surface area contributed by atoms with Crippen molar-refractivity contribution < 1.29 is 14.9 Å². The third-order valence-electron chi connectivity index (χ3n) is 8.47. The highest BCUT2D eigenvalue weighted by Gasteiger charge is 2.73. The number of nitrogens with one attached hydrogen (secondary N) is 1. The van der Waals surface area contributed by atoms with Crippen LogP contribution in [0.2, 0.25) is 0 Å². The van der Waals surface area contributed by atoms with Gasteiger partial charge in [-0.3, -0.25) is 4.90 Å². The second-order valence-corrected chi connectivity index (χ2v) is 9.79. The van der Waals surface area contributed by atoms with Gasteiger partial charge in [0.25, 0.3) is 0 Å². The number of phenols is 1. The number of rotatable bonds is 3. The molecule has 1 spiro atoms. The SMILES string of the molecule is CN[C@H]1[C@H](C)C[C@@]2(O)[C@H]3Cc4ccc(O)c5c4[C@@]2(CCN3CC2CC2)[C@H]1O5. The fourth-order valence-corrected chi connectivity index (χ4v) is 7.19. The van der Waals surface area contributed by atoms with Crippen LogP contribution >= 0.6 is 0 Å². The largest absolute Gasteiger partial charge is 0.504 e. The Hall–Kier alpha value is -1.30. The van der Waals surface area contributed by atoms with Crippen LogP contribution < -0.4 is 10.1 Å². The molecule has 2 heterocycles. The van der Waals surface area contributed by atoms with E-state index in [9.17, 15) is 10.2 Å². The van der Waals surface area contributed by atoms with E-state index >= 15 is 0 Å². The van der Waals surface area contributed by atoms with Crippen LogP contribution in [-0.2, 0) is 11.8 Å². The summed E-state index contributed by atoms with van der Waals surface area (Å²) in [6.45, 7) is 4.37. The number of benzene rings is 1. The molecule has 0 radical (unpaired) electrons. The van der Waals surface area contributed by atoms with Crippen LogP contribution in [0.15, 0.2) is 12.1 Å². The molecule has 6 atom stereocenters. The zero-order valence-electron chi connectivity index (χ0n) is 16.2. The maximum atomic E-state index is 12.4. The summed E-state index contributed by atoms with van der Waals surface area (Å²) in [4.78, 5) is 2.58. The number of likely N-dealkylation sites (tertiary alicyclic amines) is 1. The van der Waals surface area contributed by atoms with E-state index in [1.165, 1.54) is 18.4 Å². The summed E-state index contributed by atoms with van der Waals surface area (Å²) in [5, 5.41) is 26.4. The quantitative estimate of drug-likeness (QED) is 0.757. The Bertz CT molecular complexity index is 809. The van der Waals surface area contributed by atoms with Crippen LogP contribution in [0.1, 0.15) is 43.7 Å². The fourth-order valence-electron chi connectivity index (χ4n) is 7.19. The molecule has 1 saturated heterocycles. The highest BCUT2D eigenvalue weighted by molar-refractivity contribution is 5.62. The van der Waals surface area contributed by atoms with Gasteiger partial charge in [-0.25, -0.2) is 0 Å². The van der Waals surface area contributed by atoms with Gasteiger partial charge in [0, 0.05) is 24.2 Å². The van der Waals surface area contributed by atoms with E-state index in [0.29, 0.717) is 11.7 Å². The average Bonchev–Trinajstić information content (AvgIpc) is 3.37. The maximum absolute atomic E-state index is 12.4. The van der Waals surface area contributed by atoms with Gasteiger partial charge in [-0.15, -0.1) is 0 Å². The van der Waals surface area contributed by atoms with Crippen LogP contribution in [0, 0.1) is 11.8 Å². The zero-order valence-corrected chi connectivity index (χ0v) is 16.2. The molecule has 3 N–H and O–H groups in total. The van der Waals surface area contributed by atoms with Gasteiger partial charge < -0.3 is 20.3 Å². The standard InChI is InChI=1S/C22H30N2O3/c1-12-10-22(26)16-9-14-5-6-15(25)19-17(14)21(22,20(27-19)18(12)23-2)7-8-24(16)11-13-3-4-13/h5-6,12-13,16,18,20,23,25-26H,3-4,7-11H2,1-2H3/t12-,16-,18+,20+,21+,22-/m1/s1. The lowest BCUT2D eigenvalue weighted by Crippen LogP contribution is -2.79. The number of likely N-dealkylation sites (N-methyl/N-ethyl adjacent to an activating group) is 1. The van der Waals surface area contributed by atoms with Crippen molar-refractivity contribution in [3.05, 3.63) is 23.3 Å². The van der Waals surface area contributed by atoms with Gasteiger partial charge in [0.2, 0.25) is 0 Å². The van der Waals surface area contributed by atoms with E-state index in [2.05, 4.69) is 23.2 Å². The van der Waals surface area contributed by atoms with Crippen molar-refractivity contribution in [2.45, 2.75) is 68.2 Å². The Balaban J connectivity index is 1.57. The van der Waals surface area contributed by atoms with Crippen LogP contribution in [0.4, 0.5) is 0 Å². The molecule has 2 aliphatic heterocycles. The summed E-state index contributed by atoms with van der Waals surface area (Å²) in [6.07, 6.45) is 5.12. The van der Waals surface area contributed by atoms with E-state index in [4.69, 9.17) is 4.74 Å². The van der Waals surface area contributed by atoms with Crippen molar-refractivity contribution in [1.29, 1.82) is 0 Å². The van der Waals surface area contributed by atoms with Crippen LogP contribution in [0.25, 0.3) is 0 Å². The van der Waals surface area contributed by atoms with Crippen molar-refractivity contribution in [2.24, 2.45) is 11.8 Å². The van der Waals surface area contributed by atoms with Gasteiger partial charge in [-0.2, -0.15) is 0 Å². The van der Waals surface area contributed by atoms with Gasteiger partial charge >= 0.3 is 0 Å². The minimum atomic E-state index is -0.788. The number of hydrogen-bond donors (Lipinski definition) is 3. The smallest absolute Gasteiger partial charge is 0.165 e. The molecule has 3 aliphatic carbocycles. The lowest BCUT2D eigenvalue weighted by Gasteiger charge is -2.65. The van der Waals surface area contributed by atoms with Gasteiger partial charge in [-0.05, 0) is 69.2 Å². The molecule has 5 nitrogen and oxygen atoms in total. The van der Waals surface area contributed by atoms with Crippen LogP contribution in [0.5, 0.6) is 11.5 Å². The monoisotopic (exact) mass is 370 g/mol. The van der Waals surface area contributed by atoms with Crippen molar-refractivity contribution in [2.75, 3.05) is 20.1 Å². The zero-order chi connectivity index (χ0) is 18.6. The predicted octanol–water partition coefficient (Wildman–Crippen LogP) is 1.79. The van der Waals surface area contributed by atoms with E-state index in [0.717, 1.165) is 43.8 Å². The fraction of sp³-hybridized carbons (Fsp3) is 0.727. The molecule has 0 aromatic heterocycles. The molecule has 6 rings (SSSR count). The number of phenolic OH excluding ortho intramolecular Hbond substituents is 1. The van der Waals surface area contributed by atoms with Crippen molar-refractivity contribution >= 4 is 0 Å². The summed E-state index contributed by atoms with van der Waals surface area (Å²) >= 11 is 0. The Kier molecular flexibility index (Phi) is 3.20. The highest BCUT2D eigenvalue weighted by atomic mass is 16.5. The molecular weight excluding hydrogens is 340 g/mol. The van der Waals surface area contributed by atoms with E-state index in [-0.39, 0.29) is 23.9 Å². The van der Waals surface area contributed by atoms with E-state index in [1.807, 2.05) is 7.05 Å². The highest BCUT2D eigenvalue weighted by Crippen LogP contribution is 2.66. The Morgan fingerprint density at radius 1 is 1.33 bits per heavy atom. The van der Waals surface area contributed by atoms with Gasteiger partial charge in [-0.1, -0.05) is 13.0 Å². The predicted molar refractivity (Wildman–Crippen MR) is 102 cm³/mol. The molecule has 5 heteroatoms. The molecular formula is C22H30N2O3. The van der Waals surface area contributed by atoms with Crippen molar-refractivity contribution in [3.8, 4) is 11.5 Å². The molecule has 0 amide bonds. The second kappa shape index (κ2) is 5.19. The molecule has 1 aromatic rings. The molecule has 0 unspecified atom stereocenters. The third kappa shape index (κ3) is 1.86. The third-order valence-corrected chi connectivity index (χ3v) is 8.47. The summed E-state index contributed by atoms with van der Waals surface area (Å²) in [5.74, 6) is 2.00. The number of ether oxygens (including phenoxy) is 1. The van der Waals surface area contributed by atoms with Gasteiger partial charge in [0.1, 0.15) is 6.10 Å². The molecule has 146 valence electrons. The first-order valence-corrected chi connectivity index (χ1v) is 10.7. The van der Waals surface area contributed by atoms with Crippen LogP contribution in [-0.4, -0.2) is 59.0 Å². The molecule has 27 heavy (non-hydrogen) atoms. The summed E-state index contributed by atoms with van der Waals surface area (Å²) < 4.78 is 6.49. The molecule has 5 aliphatic rings. The maximum Gasteiger partial charge on any atom is 0.165 e. The lowest BCUT2D eigenvalue weighted by molar-refractivity contribution is -0.202. The first kappa shape index (κ1) is 16.6. The van der Waals surface area contributed by atoms with Gasteiger partial charge in [0.15, 0.2) is 11.5 Å². The number of hydrogen-bond acceptors (Lipinski definition) is 5. The number of aromatic hydroxyl groups is 1. The van der Waals surface area contributed by atoms with E-state index < -0.39 is 11.0 Å². The van der Waals surface area contributed by atoms with Gasteiger partial charge in [0.05, 0.1) is 11.0 Å². The lowest BCUT2D eigenvalue weighted by atomic mass is 9.47. The van der Waals surface area contributed by atoms with Crippen LogP contribution in [0.3, 0.4) is 0 Å². The summed E-state index contributed by atoms with van der Waals surface area (Å²) in [5.41, 5.74) is 1.19. The molecule has 2 bridgehead atoms. The number of nitrogens with zero attached hydrogens (tertiary/aromatic N) is 1. The average molecular weight is 370 g/mol. The Labute approximate surface area is 160 Å². The molecule has 2 saturated carbocycles. The minimum absolute atomic E-state index is 0.121. The van der Waals surface area contributed by atoms with Crippen molar-refractivity contribution in [3.63, 3.8) is 0 Å². The Morgan fingerprint density at radius 2 is 2.15 bits per heavy atom. The first-order chi connectivity index (χ1) is 13.0. The second-order valence-electron chi connectivity index (χ2n) is 9.79. The molecule has 3 fully saturated rings. The normalized spacial score (nSPS) is 44.7. The summed E-state index contributed by atoms with van der Waals surface area (Å²) in [7, 11) is 2.00.